The van der Waals surface area contributed by atoms with Crippen molar-refractivity contribution in [3.05, 3.63) is 69.8 Å². The first-order valence-electron chi connectivity index (χ1n) is 10.9. The van der Waals surface area contributed by atoms with Crippen molar-refractivity contribution in [3.8, 4) is 6.07 Å². The maximum absolute atomic E-state index is 13.6. The van der Waals surface area contributed by atoms with Crippen molar-refractivity contribution in [1.82, 2.24) is 24.6 Å². The molecule has 1 fully saturated rings. The van der Waals surface area contributed by atoms with E-state index < -0.39 is 0 Å². The molecule has 4 aromatic rings. The van der Waals surface area contributed by atoms with Crippen LogP contribution in [0.3, 0.4) is 0 Å². The average Bonchev–Trinajstić information content (AvgIpc) is 3.42. The molecule has 4 aromatic heterocycles. The molecule has 5 rings (SSSR count). The molecular formula is C24H23N7OS. The van der Waals surface area contributed by atoms with Gasteiger partial charge < -0.3 is 9.80 Å². The Morgan fingerprint density at radius 1 is 1.21 bits per heavy atom. The Balaban J connectivity index is 1.40. The Labute approximate surface area is 195 Å². The second kappa shape index (κ2) is 9.00. The first-order chi connectivity index (χ1) is 16.1. The van der Waals surface area contributed by atoms with Gasteiger partial charge >= 0.3 is 0 Å². The molecule has 1 saturated heterocycles. The lowest BCUT2D eigenvalue weighted by molar-refractivity contribution is 0.0769. The van der Waals surface area contributed by atoms with Gasteiger partial charge in [-0.2, -0.15) is 10.4 Å². The fourth-order valence-electron chi connectivity index (χ4n) is 4.25. The number of aryl methyl sites for hydroxylation is 1. The third-order valence-corrected chi connectivity index (χ3v) is 6.70. The van der Waals surface area contributed by atoms with Gasteiger partial charge in [-0.1, -0.05) is 6.07 Å². The van der Waals surface area contributed by atoms with Gasteiger partial charge in [-0.25, -0.2) is 14.6 Å². The number of rotatable bonds is 4. The van der Waals surface area contributed by atoms with E-state index in [1.807, 2.05) is 34.0 Å². The second-order valence-corrected chi connectivity index (χ2v) is 9.08. The Hall–Kier alpha value is -3.77. The van der Waals surface area contributed by atoms with Gasteiger partial charge in [-0.15, -0.1) is 11.3 Å². The molecule has 8 nitrogen and oxygen atoms in total. The minimum atomic E-state index is -0.00967. The number of fused-ring (bicyclic) bond motifs is 1. The summed E-state index contributed by atoms with van der Waals surface area (Å²) in [5.74, 6) is 0.677. The molecule has 0 unspecified atom stereocenters. The van der Waals surface area contributed by atoms with Crippen LogP contribution < -0.4 is 4.90 Å². The Morgan fingerprint density at radius 3 is 2.94 bits per heavy atom. The topological polar surface area (TPSA) is 90.9 Å². The smallest absolute Gasteiger partial charge is 0.254 e. The fourth-order valence-corrected chi connectivity index (χ4v) is 4.94. The SMILES string of the molecule is Cc1cc(C(=O)N2CCCN(c3ncccc3C#N)CC2)c2cnn(Cc3cccs3)c2n1. The highest BCUT2D eigenvalue weighted by Crippen LogP contribution is 2.23. The quantitative estimate of drug-likeness (QED) is 0.466. The van der Waals surface area contributed by atoms with Crippen LogP contribution in [-0.2, 0) is 6.54 Å². The Bertz CT molecular complexity index is 1340. The lowest BCUT2D eigenvalue weighted by atomic mass is 10.1. The predicted molar refractivity (Wildman–Crippen MR) is 127 cm³/mol. The summed E-state index contributed by atoms with van der Waals surface area (Å²) in [5.41, 5.74) is 2.72. The van der Waals surface area contributed by atoms with Crippen LogP contribution in [0.4, 0.5) is 5.82 Å². The summed E-state index contributed by atoms with van der Waals surface area (Å²) in [4.78, 5) is 27.9. The molecule has 9 heteroatoms. The monoisotopic (exact) mass is 457 g/mol. The first-order valence-corrected chi connectivity index (χ1v) is 11.8. The van der Waals surface area contributed by atoms with E-state index in [0.717, 1.165) is 29.7 Å². The summed E-state index contributed by atoms with van der Waals surface area (Å²) >= 11 is 1.68. The summed E-state index contributed by atoms with van der Waals surface area (Å²) in [7, 11) is 0. The minimum Gasteiger partial charge on any atom is -0.354 e. The molecule has 0 atom stereocenters. The van der Waals surface area contributed by atoms with Crippen molar-refractivity contribution in [2.24, 2.45) is 0 Å². The van der Waals surface area contributed by atoms with Crippen molar-refractivity contribution < 1.29 is 4.79 Å². The van der Waals surface area contributed by atoms with Gasteiger partial charge in [-0.05, 0) is 43.0 Å². The number of thiophene rings is 1. The number of hydrogen-bond acceptors (Lipinski definition) is 7. The molecule has 0 aliphatic carbocycles. The maximum atomic E-state index is 13.6. The zero-order valence-electron chi connectivity index (χ0n) is 18.3. The van der Waals surface area contributed by atoms with Crippen LogP contribution in [0.15, 0.2) is 48.1 Å². The second-order valence-electron chi connectivity index (χ2n) is 8.05. The van der Waals surface area contributed by atoms with Gasteiger partial charge in [0.05, 0.1) is 29.3 Å². The number of anilines is 1. The highest BCUT2D eigenvalue weighted by atomic mass is 32.1. The molecule has 0 bridgehead atoms. The van der Waals surface area contributed by atoms with E-state index in [-0.39, 0.29) is 5.91 Å². The molecular weight excluding hydrogens is 434 g/mol. The van der Waals surface area contributed by atoms with Crippen LogP contribution >= 0.6 is 11.3 Å². The highest BCUT2D eigenvalue weighted by molar-refractivity contribution is 7.09. The number of hydrogen-bond donors (Lipinski definition) is 0. The third kappa shape index (κ3) is 4.17. The van der Waals surface area contributed by atoms with E-state index in [0.29, 0.717) is 43.1 Å². The summed E-state index contributed by atoms with van der Waals surface area (Å²) in [6.45, 7) is 5.13. The molecule has 166 valence electrons. The molecule has 0 spiro atoms. The lowest BCUT2D eigenvalue weighted by Crippen LogP contribution is -2.35. The zero-order valence-corrected chi connectivity index (χ0v) is 19.1. The van der Waals surface area contributed by atoms with Crippen molar-refractivity contribution in [1.29, 1.82) is 5.26 Å². The standard InChI is InChI=1S/C24H23N7OS/c1-17-13-20(21-15-27-31(23(21)28-17)16-19-6-3-12-33-19)24(32)30-9-4-8-29(10-11-30)22-18(14-25)5-2-7-26-22/h2-3,5-7,12-13,15H,4,8-11,16H2,1H3. The number of pyridine rings is 2. The van der Waals surface area contributed by atoms with E-state index in [9.17, 15) is 10.1 Å². The number of amides is 1. The van der Waals surface area contributed by atoms with Gasteiger partial charge in [-0.3, -0.25) is 4.79 Å². The zero-order chi connectivity index (χ0) is 22.8. The molecule has 1 amide bonds. The summed E-state index contributed by atoms with van der Waals surface area (Å²) in [6, 6.07) is 11.7. The van der Waals surface area contributed by atoms with Crippen LogP contribution in [0, 0.1) is 18.3 Å². The van der Waals surface area contributed by atoms with Crippen LogP contribution in [0.2, 0.25) is 0 Å². The van der Waals surface area contributed by atoms with Gasteiger partial charge in [0.25, 0.3) is 5.91 Å². The van der Waals surface area contributed by atoms with Gasteiger partial charge in [0.2, 0.25) is 0 Å². The molecule has 0 saturated carbocycles. The molecule has 0 radical (unpaired) electrons. The fraction of sp³-hybridized carbons (Fsp3) is 0.292. The van der Waals surface area contributed by atoms with Crippen LogP contribution in [0.25, 0.3) is 11.0 Å². The number of nitrogens with zero attached hydrogens (tertiary/aromatic N) is 7. The van der Waals surface area contributed by atoms with Crippen LogP contribution in [0.1, 0.15) is 32.9 Å². The third-order valence-electron chi connectivity index (χ3n) is 5.84. The van der Waals surface area contributed by atoms with Crippen molar-refractivity contribution in [3.63, 3.8) is 0 Å². The largest absolute Gasteiger partial charge is 0.354 e. The molecule has 0 N–H and O–H groups in total. The van der Waals surface area contributed by atoms with E-state index in [2.05, 4.69) is 32.1 Å². The number of aromatic nitrogens is 4. The van der Waals surface area contributed by atoms with Gasteiger partial charge in [0.15, 0.2) is 5.65 Å². The lowest BCUT2D eigenvalue weighted by Gasteiger charge is -2.23. The predicted octanol–water partition coefficient (Wildman–Crippen LogP) is 3.47. The highest BCUT2D eigenvalue weighted by Gasteiger charge is 2.25. The Kier molecular flexibility index (Phi) is 5.75. The van der Waals surface area contributed by atoms with E-state index in [4.69, 9.17) is 0 Å². The number of carbonyl (C=O) groups is 1. The number of carbonyl (C=O) groups excluding carboxylic acids is 1. The van der Waals surface area contributed by atoms with Crippen LogP contribution in [0.5, 0.6) is 0 Å². The summed E-state index contributed by atoms with van der Waals surface area (Å²) in [6.07, 6.45) is 4.26. The average molecular weight is 458 g/mol. The first kappa shape index (κ1) is 21.1. The van der Waals surface area contributed by atoms with Gasteiger partial charge in [0, 0.05) is 42.9 Å². The molecule has 5 heterocycles. The van der Waals surface area contributed by atoms with E-state index >= 15 is 0 Å². The molecule has 1 aliphatic heterocycles. The molecule has 33 heavy (non-hydrogen) atoms. The summed E-state index contributed by atoms with van der Waals surface area (Å²) < 4.78 is 1.86. The van der Waals surface area contributed by atoms with Crippen LogP contribution in [-0.4, -0.2) is 56.7 Å². The maximum Gasteiger partial charge on any atom is 0.254 e. The summed E-state index contributed by atoms with van der Waals surface area (Å²) in [5, 5.41) is 16.8. The Morgan fingerprint density at radius 2 is 2.12 bits per heavy atom. The van der Waals surface area contributed by atoms with Crippen molar-refractivity contribution >= 4 is 34.1 Å². The molecule has 0 aromatic carbocycles. The van der Waals surface area contributed by atoms with Crippen molar-refractivity contribution in [2.75, 3.05) is 31.1 Å². The van der Waals surface area contributed by atoms with Gasteiger partial charge in [0.1, 0.15) is 11.9 Å². The normalized spacial score (nSPS) is 14.3. The minimum absolute atomic E-state index is 0.00967. The number of nitriles is 1. The van der Waals surface area contributed by atoms with E-state index in [1.165, 1.54) is 4.88 Å². The van der Waals surface area contributed by atoms with E-state index in [1.54, 1.807) is 35.9 Å². The van der Waals surface area contributed by atoms with Crippen molar-refractivity contribution in [2.45, 2.75) is 19.9 Å². The molecule has 1 aliphatic rings.